The van der Waals surface area contributed by atoms with E-state index < -0.39 is 0 Å². The zero-order valence-corrected chi connectivity index (χ0v) is 15.3. The Hall–Kier alpha value is -2.47. The van der Waals surface area contributed by atoms with Crippen molar-refractivity contribution in [2.75, 3.05) is 0 Å². The smallest absolute Gasteiger partial charge is 0.272 e. The van der Waals surface area contributed by atoms with Crippen molar-refractivity contribution in [3.8, 4) is 0 Å². The summed E-state index contributed by atoms with van der Waals surface area (Å²) in [6.07, 6.45) is 1.68. The van der Waals surface area contributed by atoms with Gasteiger partial charge in [0.05, 0.1) is 5.39 Å². The molecule has 0 saturated heterocycles. The average molecular weight is 400 g/mol. The molecule has 0 bridgehead atoms. The summed E-state index contributed by atoms with van der Waals surface area (Å²) < 4.78 is 1.05. The summed E-state index contributed by atoms with van der Waals surface area (Å²) in [5, 5.41) is 10.3. The number of carbonyl (C=O) groups is 1. The molecule has 0 aliphatic heterocycles. The molecular formula is C19H18BrN3O2. The number of fused-ring (bicyclic) bond motifs is 1. The summed E-state index contributed by atoms with van der Waals surface area (Å²) in [7, 11) is 0. The molecule has 2 N–H and O–H groups in total. The van der Waals surface area contributed by atoms with Gasteiger partial charge >= 0.3 is 0 Å². The van der Waals surface area contributed by atoms with Crippen LogP contribution in [0.2, 0.25) is 0 Å². The van der Waals surface area contributed by atoms with Crippen molar-refractivity contribution in [2.24, 2.45) is 0 Å². The minimum atomic E-state index is -0.296. The van der Waals surface area contributed by atoms with E-state index in [-0.39, 0.29) is 23.2 Å². The lowest BCUT2D eigenvalue weighted by molar-refractivity contribution is 0.0934. The fraction of sp³-hybridized carbons (Fsp3) is 0.211. The van der Waals surface area contributed by atoms with Crippen LogP contribution in [-0.2, 0) is 6.42 Å². The van der Waals surface area contributed by atoms with E-state index in [4.69, 9.17) is 0 Å². The zero-order valence-electron chi connectivity index (χ0n) is 13.8. The molecule has 2 aromatic carbocycles. The van der Waals surface area contributed by atoms with Gasteiger partial charge in [0, 0.05) is 15.9 Å². The molecule has 3 rings (SSSR count). The summed E-state index contributed by atoms with van der Waals surface area (Å²) >= 11 is 3.42. The van der Waals surface area contributed by atoms with Crippen molar-refractivity contribution in [1.29, 1.82) is 0 Å². The monoisotopic (exact) mass is 399 g/mol. The number of rotatable bonds is 5. The van der Waals surface area contributed by atoms with Gasteiger partial charge in [-0.05, 0) is 43.5 Å². The number of aromatic amines is 1. The lowest BCUT2D eigenvalue weighted by Gasteiger charge is -2.14. The Kier molecular flexibility index (Phi) is 5.28. The van der Waals surface area contributed by atoms with Crippen LogP contribution in [0.1, 0.15) is 29.4 Å². The van der Waals surface area contributed by atoms with Gasteiger partial charge in [-0.3, -0.25) is 9.59 Å². The van der Waals surface area contributed by atoms with Gasteiger partial charge in [-0.2, -0.15) is 5.10 Å². The Balaban J connectivity index is 1.69. The van der Waals surface area contributed by atoms with Crippen molar-refractivity contribution in [2.45, 2.75) is 25.8 Å². The topological polar surface area (TPSA) is 74.8 Å². The molecule has 1 amide bonds. The van der Waals surface area contributed by atoms with E-state index in [9.17, 15) is 9.59 Å². The molecule has 25 heavy (non-hydrogen) atoms. The standard InChI is InChI=1S/C19H18BrN3O2/c1-12(6-7-13-8-10-14(20)11-9-13)21-19(25)17-15-4-2-3-5-16(15)18(24)23-22-17/h2-5,8-12H,6-7H2,1H3,(H,21,25)(H,23,24). The second kappa shape index (κ2) is 7.61. The molecule has 0 aliphatic carbocycles. The Labute approximate surface area is 153 Å². The molecule has 1 heterocycles. The van der Waals surface area contributed by atoms with Gasteiger partial charge in [-0.25, -0.2) is 5.10 Å². The van der Waals surface area contributed by atoms with Gasteiger partial charge in [0.1, 0.15) is 0 Å². The van der Waals surface area contributed by atoms with Crippen molar-refractivity contribution in [3.05, 3.63) is 74.6 Å². The minimum absolute atomic E-state index is 0.0105. The fourth-order valence-electron chi connectivity index (χ4n) is 2.69. The Bertz CT molecular complexity index is 951. The molecule has 1 aromatic heterocycles. The number of hydrogen-bond acceptors (Lipinski definition) is 3. The second-order valence-corrected chi connectivity index (χ2v) is 6.90. The van der Waals surface area contributed by atoms with Crippen LogP contribution in [0.15, 0.2) is 57.8 Å². The summed E-state index contributed by atoms with van der Waals surface area (Å²) in [6, 6.07) is 15.1. The number of halogens is 1. The molecular weight excluding hydrogens is 382 g/mol. The van der Waals surface area contributed by atoms with Crippen molar-refractivity contribution in [1.82, 2.24) is 15.5 Å². The molecule has 128 valence electrons. The first-order chi connectivity index (χ1) is 12.0. The van der Waals surface area contributed by atoms with Crippen molar-refractivity contribution < 1.29 is 4.79 Å². The van der Waals surface area contributed by atoms with Gasteiger partial charge in [-0.15, -0.1) is 0 Å². The number of hydrogen-bond donors (Lipinski definition) is 2. The minimum Gasteiger partial charge on any atom is -0.348 e. The fourth-order valence-corrected chi connectivity index (χ4v) is 2.95. The van der Waals surface area contributed by atoms with E-state index >= 15 is 0 Å². The van der Waals surface area contributed by atoms with Crippen LogP contribution < -0.4 is 10.9 Å². The predicted octanol–water partition coefficient (Wildman–Crippen LogP) is 3.44. The maximum atomic E-state index is 12.5. The van der Waals surface area contributed by atoms with Gasteiger partial charge in [0.2, 0.25) is 0 Å². The van der Waals surface area contributed by atoms with E-state index in [0.29, 0.717) is 10.8 Å². The van der Waals surface area contributed by atoms with E-state index in [2.05, 4.69) is 43.6 Å². The largest absolute Gasteiger partial charge is 0.348 e. The first-order valence-corrected chi connectivity index (χ1v) is 8.86. The third-order valence-corrected chi connectivity index (χ3v) is 4.60. The first kappa shape index (κ1) is 17.4. The normalized spacial score (nSPS) is 12.1. The number of benzene rings is 2. The highest BCUT2D eigenvalue weighted by molar-refractivity contribution is 9.10. The van der Waals surface area contributed by atoms with Crippen molar-refractivity contribution >= 4 is 32.6 Å². The molecule has 0 radical (unpaired) electrons. The lowest BCUT2D eigenvalue weighted by atomic mass is 10.1. The molecule has 6 heteroatoms. The predicted molar refractivity (Wildman–Crippen MR) is 102 cm³/mol. The number of H-pyrrole nitrogens is 1. The third-order valence-electron chi connectivity index (χ3n) is 4.07. The van der Waals surface area contributed by atoms with Crippen LogP contribution in [0.4, 0.5) is 0 Å². The van der Waals surface area contributed by atoms with Crippen LogP contribution in [-0.4, -0.2) is 22.1 Å². The quantitative estimate of drug-likeness (QED) is 0.689. The molecule has 0 fully saturated rings. The molecule has 1 atom stereocenters. The second-order valence-electron chi connectivity index (χ2n) is 5.99. The Morgan fingerprint density at radius 3 is 2.56 bits per heavy atom. The molecule has 5 nitrogen and oxygen atoms in total. The Morgan fingerprint density at radius 2 is 1.84 bits per heavy atom. The average Bonchev–Trinajstić information content (AvgIpc) is 2.61. The zero-order chi connectivity index (χ0) is 17.8. The van der Waals surface area contributed by atoms with E-state index in [1.807, 2.05) is 19.1 Å². The number of nitrogens with zero attached hydrogens (tertiary/aromatic N) is 1. The number of aryl methyl sites for hydroxylation is 1. The van der Waals surface area contributed by atoms with Gasteiger partial charge < -0.3 is 5.32 Å². The SMILES string of the molecule is CC(CCc1ccc(Br)cc1)NC(=O)c1n[nH]c(=O)c2ccccc12. The maximum absolute atomic E-state index is 12.5. The number of nitrogens with one attached hydrogen (secondary N) is 2. The molecule has 0 aliphatic rings. The first-order valence-electron chi connectivity index (χ1n) is 8.07. The summed E-state index contributed by atoms with van der Waals surface area (Å²) in [6.45, 7) is 1.96. The van der Waals surface area contributed by atoms with Crippen LogP contribution >= 0.6 is 15.9 Å². The van der Waals surface area contributed by atoms with Gasteiger partial charge in [0.25, 0.3) is 11.5 Å². The third kappa shape index (κ3) is 4.14. The van der Waals surface area contributed by atoms with E-state index in [0.717, 1.165) is 17.3 Å². The van der Waals surface area contributed by atoms with E-state index in [1.165, 1.54) is 5.56 Å². The maximum Gasteiger partial charge on any atom is 0.272 e. The van der Waals surface area contributed by atoms with Gasteiger partial charge in [-0.1, -0.05) is 46.3 Å². The number of aromatic nitrogens is 2. The highest BCUT2D eigenvalue weighted by Crippen LogP contribution is 2.14. The highest BCUT2D eigenvalue weighted by Gasteiger charge is 2.16. The molecule has 0 saturated carbocycles. The summed E-state index contributed by atoms with van der Waals surface area (Å²) in [4.78, 5) is 24.3. The van der Waals surface area contributed by atoms with E-state index in [1.54, 1.807) is 24.3 Å². The summed E-state index contributed by atoms with van der Waals surface area (Å²) in [5.41, 5.74) is 1.16. The van der Waals surface area contributed by atoms with Crippen LogP contribution in [0.3, 0.4) is 0 Å². The highest BCUT2D eigenvalue weighted by atomic mass is 79.9. The van der Waals surface area contributed by atoms with Gasteiger partial charge in [0.15, 0.2) is 5.69 Å². The Morgan fingerprint density at radius 1 is 1.16 bits per heavy atom. The van der Waals surface area contributed by atoms with Crippen LogP contribution in [0.25, 0.3) is 10.8 Å². The van der Waals surface area contributed by atoms with Crippen molar-refractivity contribution in [3.63, 3.8) is 0 Å². The number of carbonyl (C=O) groups excluding carboxylic acids is 1. The molecule has 0 spiro atoms. The lowest BCUT2D eigenvalue weighted by Crippen LogP contribution is -2.34. The molecule has 3 aromatic rings. The van der Waals surface area contributed by atoms with Crippen LogP contribution in [0, 0.1) is 0 Å². The van der Waals surface area contributed by atoms with Crippen LogP contribution in [0.5, 0.6) is 0 Å². The summed E-state index contributed by atoms with van der Waals surface area (Å²) in [5.74, 6) is -0.282. The number of amides is 1. The molecule has 1 unspecified atom stereocenters.